The topological polar surface area (TPSA) is 175 Å². The number of nitrogens with one attached hydrogen (secondary N) is 1. The number of allylic oxidation sites excluding steroid dienone is 7. The van der Waals surface area contributed by atoms with Crippen LogP contribution >= 0.6 is 0 Å². The minimum atomic E-state index is -1.57. The molecule has 0 bridgehead atoms. The number of ether oxygens (including phenoxy) is 3. The number of carbonyl (C=O) groups excluding carboxylic acids is 2. The van der Waals surface area contributed by atoms with Crippen molar-refractivity contribution in [1.82, 2.24) is 5.32 Å². The molecule has 90 heavy (non-hydrogen) atoms. The van der Waals surface area contributed by atoms with Gasteiger partial charge in [0.2, 0.25) is 5.91 Å². The zero-order valence-electron chi connectivity index (χ0n) is 58.9. The summed E-state index contributed by atoms with van der Waals surface area (Å²) >= 11 is 0. The zero-order chi connectivity index (χ0) is 65.1. The van der Waals surface area contributed by atoms with E-state index in [0.717, 1.165) is 64.2 Å². The molecule has 1 heterocycles. The molecule has 1 amide bonds. The first kappa shape index (κ1) is 85.6. The smallest absolute Gasteiger partial charge is 0.305 e. The minimum absolute atomic E-state index is 0.000190. The molecule has 0 radical (unpaired) electrons. The molecule has 0 aliphatic carbocycles. The van der Waals surface area contributed by atoms with Crippen LogP contribution in [0, 0.1) is 0 Å². The standard InChI is InChI=1S/C79H147NO10/c1-3-5-7-9-11-13-15-17-39-42-45-49-53-57-61-65-72(82)71(70-89-79-78(87)77(86)76(85)73(69-81)90-79)80-74(83)66-62-58-54-50-46-43-40-37-35-33-31-29-27-25-23-21-19-18-20-22-24-26-28-30-32-34-36-38-41-44-48-52-56-60-64-68-88-75(84)67-63-59-55-51-47-16-14-12-10-8-6-4-2/h12,14,20,22,26,28,61,65,71-73,76-79,81-82,85-87H,3-11,13,15-19,21,23-25,27,29-60,62-64,66-70H2,1-2H3,(H,80,83)/b14-12-,22-20-,28-26-,65-61+. The lowest BCUT2D eigenvalue weighted by Gasteiger charge is -2.40. The van der Waals surface area contributed by atoms with E-state index >= 15 is 0 Å². The molecule has 1 saturated heterocycles. The van der Waals surface area contributed by atoms with Crippen molar-refractivity contribution in [3.05, 3.63) is 48.6 Å². The van der Waals surface area contributed by atoms with Crippen LogP contribution in [0.15, 0.2) is 48.6 Å². The molecular formula is C79H147NO10. The van der Waals surface area contributed by atoms with Crippen LogP contribution in [0.1, 0.15) is 380 Å². The molecule has 1 aliphatic rings. The number of aliphatic hydroxyl groups excluding tert-OH is 5. The van der Waals surface area contributed by atoms with Gasteiger partial charge in [0.25, 0.3) is 0 Å². The first-order chi connectivity index (χ1) is 44.2. The lowest BCUT2D eigenvalue weighted by molar-refractivity contribution is -0.302. The van der Waals surface area contributed by atoms with E-state index in [1.54, 1.807) is 6.08 Å². The van der Waals surface area contributed by atoms with Crippen LogP contribution in [-0.2, 0) is 23.8 Å². The molecule has 11 heteroatoms. The number of rotatable bonds is 69. The van der Waals surface area contributed by atoms with Gasteiger partial charge in [-0.1, -0.05) is 326 Å². The predicted molar refractivity (Wildman–Crippen MR) is 380 cm³/mol. The number of hydrogen-bond donors (Lipinski definition) is 6. The number of amides is 1. The summed E-state index contributed by atoms with van der Waals surface area (Å²) in [6, 6.07) is -0.809. The van der Waals surface area contributed by atoms with Gasteiger partial charge < -0.3 is 45.1 Å². The second-order valence-corrected chi connectivity index (χ2v) is 27.1. The fourth-order valence-corrected chi connectivity index (χ4v) is 12.3. The fraction of sp³-hybridized carbons (Fsp3) is 0.873. The van der Waals surface area contributed by atoms with Gasteiger partial charge in [0.15, 0.2) is 6.29 Å². The maximum atomic E-state index is 13.1. The molecule has 11 nitrogen and oxygen atoms in total. The molecule has 1 fully saturated rings. The van der Waals surface area contributed by atoms with E-state index in [1.165, 1.54) is 289 Å². The first-order valence-corrected chi connectivity index (χ1v) is 38.9. The van der Waals surface area contributed by atoms with Crippen LogP contribution in [0.4, 0.5) is 0 Å². The molecule has 0 spiro atoms. The Morgan fingerprint density at radius 3 is 1.16 bits per heavy atom. The van der Waals surface area contributed by atoms with Crippen molar-refractivity contribution in [3.63, 3.8) is 0 Å². The SMILES string of the molecule is CCCCC/C=C\CCCCCCCC(=O)OCCCCCCCCCCCCC/C=C\C/C=C\CCCCCCCCCCCCCCCCCCCC(=O)NC(COC1OC(CO)C(O)C(O)C1O)C(O)/C=C/CCCCCCCCCCCCCCC. The summed E-state index contributed by atoms with van der Waals surface area (Å²) in [7, 11) is 0. The predicted octanol–water partition coefficient (Wildman–Crippen LogP) is 20.7. The van der Waals surface area contributed by atoms with E-state index in [9.17, 15) is 35.1 Å². The average molecular weight is 1270 g/mol. The normalized spacial score (nSPS) is 17.9. The maximum Gasteiger partial charge on any atom is 0.305 e. The number of unbranched alkanes of at least 4 members (excludes halogenated alkanes) is 49. The van der Waals surface area contributed by atoms with Gasteiger partial charge in [-0.3, -0.25) is 9.59 Å². The molecule has 1 aliphatic heterocycles. The van der Waals surface area contributed by atoms with Crippen molar-refractivity contribution in [3.8, 4) is 0 Å². The summed E-state index contributed by atoms with van der Waals surface area (Å²) in [5.41, 5.74) is 0. The quantitative estimate of drug-likeness (QED) is 0.0195. The van der Waals surface area contributed by atoms with Gasteiger partial charge in [0.1, 0.15) is 24.4 Å². The molecule has 0 aromatic heterocycles. The van der Waals surface area contributed by atoms with Crippen molar-refractivity contribution >= 4 is 11.9 Å². The van der Waals surface area contributed by atoms with Crippen LogP contribution in [-0.4, -0.2) is 100 Å². The Kier molecular flexibility index (Phi) is 64.7. The van der Waals surface area contributed by atoms with E-state index < -0.39 is 49.5 Å². The Morgan fingerprint density at radius 2 is 0.744 bits per heavy atom. The average Bonchev–Trinajstić information content (AvgIpc) is 1.31. The second-order valence-electron chi connectivity index (χ2n) is 27.1. The van der Waals surface area contributed by atoms with Crippen molar-refractivity contribution in [2.45, 2.75) is 423 Å². The monoisotopic (exact) mass is 1270 g/mol. The first-order valence-electron chi connectivity index (χ1n) is 38.9. The molecule has 6 N–H and O–H groups in total. The van der Waals surface area contributed by atoms with E-state index in [4.69, 9.17) is 14.2 Å². The summed E-state index contributed by atoms with van der Waals surface area (Å²) < 4.78 is 16.8. The second kappa shape index (κ2) is 68.0. The third kappa shape index (κ3) is 56.0. The van der Waals surface area contributed by atoms with Crippen molar-refractivity contribution < 1.29 is 49.3 Å². The Bertz CT molecular complexity index is 1630. The molecule has 7 atom stereocenters. The molecular weight excluding hydrogens is 1120 g/mol. The van der Waals surface area contributed by atoms with Crippen molar-refractivity contribution in [1.29, 1.82) is 0 Å². The van der Waals surface area contributed by atoms with Gasteiger partial charge in [-0.15, -0.1) is 0 Å². The van der Waals surface area contributed by atoms with Gasteiger partial charge >= 0.3 is 5.97 Å². The number of esters is 1. The van der Waals surface area contributed by atoms with Crippen molar-refractivity contribution in [2.75, 3.05) is 19.8 Å². The van der Waals surface area contributed by atoms with Gasteiger partial charge in [0.05, 0.1) is 32.0 Å². The summed E-state index contributed by atoms with van der Waals surface area (Å²) in [4.78, 5) is 25.1. The molecule has 0 aromatic rings. The van der Waals surface area contributed by atoms with Crippen LogP contribution in [0.5, 0.6) is 0 Å². The Balaban J connectivity index is 1.96. The number of carbonyl (C=O) groups is 2. The Hall–Kier alpha value is -2.38. The highest BCUT2D eigenvalue weighted by molar-refractivity contribution is 5.76. The maximum absolute atomic E-state index is 13.1. The number of aliphatic hydroxyl groups is 5. The highest BCUT2D eigenvalue weighted by Gasteiger charge is 2.44. The van der Waals surface area contributed by atoms with Crippen molar-refractivity contribution in [2.24, 2.45) is 0 Å². The third-order valence-electron chi connectivity index (χ3n) is 18.4. The Labute approximate surface area is 555 Å². The summed E-state index contributed by atoms with van der Waals surface area (Å²) in [5.74, 6) is -0.176. The van der Waals surface area contributed by atoms with Gasteiger partial charge in [0, 0.05) is 12.8 Å². The van der Waals surface area contributed by atoms with Crippen LogP contribution in [0.25, 0.3) is 0 Å². The largest absolute Gasteiger partial charge is 0.466 e. The van der Waals surface area contributed by atoms with E-state index in [2.05, 4.69) is 55.6 Å². The lowest BCUT2D eigenvalue weighted by atomic mass is 9.99. The molecule has 1 rings (SSSR count). The van der Waals surface area contributed by atoms with Gasteiger partial charge in [-0.2, -0.15) is 0 Å². The zero-order valence-corrected chi connectivity index (χ0v) is 58.9. The molecule has 0 aromatic carbocycles. The van der Waals surface area contributed by atoms with Crippen LogP contribution < -0.4 is 5.32 Å². The fourth-order valence-electron chi connectivity index (χ4n) is 12.3. The van der Waals surface area contributed by atoms with Crippen LogP contribution in [0.2, 0.25) is 0 Å². The number of hydrogen-bond acceptors (Lipinski definition) is 10. The van der Waals surface area contributed by atoms with E-state index in [0.29, 0.717) is 19.4 Å². The van der Waals surface area contributed by atoms with Gasteiger partial charge in [-0.25, -0.2) is 0 Å². The van der Waals surface area contributed by atoms with E-state index in [1.807, 2.05) is 6.08 Å². The lowest BCUT2D eigenvalue weighted by Crippen LogP contribution is -2.60. The molecule has 0 saturated carbocycles. The summed E-state index contributed by atoms with van der Waals surface area (Å²) in [5, 5.41) is 54.6. The molecule has 528 valence electrons. The van der Waals surface area contributed by atoms with E-state index in [-0.39, 0.29) is 18.5 Å². The molecule has 7 unspecified atom stereocenters. The third-order valence-corrected chi connectivity index (χ3v) is 18.4. The summed E-state index contributed by atoms with van der Waals surface area (Å²) in [6.45, 7) is 4.36. The highest BCUT2D eigenvalue weighted by Crippen LogP contribution is 2.24. The Morgan fingerprint density at radius 1 is 0.411 bits per heavy atom. The minimum Gasteiger partial charge on any atom is -0.466 e. The summed E-state index contributed by atoms with van der Waals surface area (Å²) in [6.07, 6.45) is 79.7. The van der Waals surface area contributed by atoms with Gasteiger partial charge in [-0.05, 0) is 89.9 Å². The van der Waals surface area contributed by atoms with Crippen LogP contribution in [0.3, 0.4) is 0 Å². The highest BCUT2D eigenvalue weighted by atomic mass is 16.7.